The summed E-state index contributed by atoms with van der Waals surface area (Å²) in [6.45, 7) is 2.86. The van der Waals surface area contributed by atoms with Crippen molar-refractivity contribution in [2.75, 3.05) is 27.3 Å². The zero-order valence-corrected chi connectivity index (χ0v) is 15.5. The number of hydrogen-bond acceptors (Lipinski definition) is 7. The third kappa shape index (κ3) is 2.98. The smallest absolute Gasteiger partial charge is 0.211 e. The first-order valence-corrected chi connectivity index (χ1v) is 8.70. The lowest BCUT2D eigenvalue weighted by atomic mass is 10.0. The summed E-state index contributed by atoms with van der Waals surface area (Å²) in [5.74, 6) is -0.361. The molecule has 142 valence electrons. The van der Waals surface area contributed by atoms with Crippen molar-refractivity contribution in [1.29, 1.82) is 0 Å². The van der Waals surface area contributed by atoms with E-state index in [-0.39, 0.29) is 0 Å². The highest BCUT2D eigenvalue weighted by molar-refractivity contribution is 6.00. The average Bonchev–Trinajstić information content (AvgIpc) is 3.06. The van der Waals surface area contributed by atoms with E-state index in [2.05, 4.69) is 20.4 Å². The highest BCUT2D eigenvalue weighted by Gasteiger charge is 2.36. The summed E-state index contributed by atoms with van der Waals surface area (Å²) in [7, 11) is 3.81. The van der Waals surface area contributed by atoms with Gasteiger partial charge in [0.05, 0.1) is 13.2 Å². The van der Waals surface area contributed by atoms with Gasteiger partial charge in [0.2, 0.25) is 5.79 Å². The molecule has 3 N–H and O–H groups in total. The third-order valence-electron chi connectivity index (χ3n) is 4.76. The number of nitrogens with two attached hydrogens (primary N) is 1. The summed E-state index contributed by atoms with van der Waals surface area (Å²) in [6.07, 6.45) is 2.10. The number of likely N-dealkylation sites (N-methyl/N-ethyl adjacent to an activating group) is 1. The van der Waals surface area contributed by atoms with Gasteiger partial charge in [0.1, 0.15) is 29.5 Å². The molecule has 27 heavy (non-hydrogen) atoms. The van der Waals surface area contributed by atoms with Gasteiger partial charge in [0.25, 0.3) is 0 Å². The van der Waals surface area contributed by atoms with E-state index in [0.29, 0.717) is 36.7 Å². The molecule has 0 saturated carbocycles. The van der Waals surface area contributed by atoms with Gasteiger partial charge in [-0.25, -0.2) is 19.0 Å². The third-order valence-corrected chi connectivity index (χ3v) is 4.76. The minimum absolute atomic E-state index is 0.316. The number of aryl methyl sites for hydroxylation is 1. The molecular formula is C18H22FN7O. The first-order chi connectivity index (χ1) is 12.9. The van der Waals surface area contributed by atoms with Gasteiger partial charge >= 0.3 is 0 Å². The number of nitrogens with one attached hydrogen (secondary N) is 1. The van der Waals surface area contributed by atoms with Crippen LogP contribution in [0, 0.1) is 12.7 Å². The van der Waals surface area contributed by atoms with Crippen LogP contribution in [0.4, 0.5) is 4.39 Å². The molecule has 1 aromatic heterocycles. The fourth-order valence-corrected chi connectivity index (χ4v) is 3.37. The molecule has 2 aliphatic heterocycles. The van der Waals surface area contributed by atoms with Gasteiger partial charge in [-0.05, 0) is 19.1 Å². The van der Waals surface area contributed by atoms with Crippen molar-refractivity contribution in [3.8, 4) is 5.69 Å². The summed E-state index contributed by atoms with van der Waals surface area (Å²) in [5, 5.41) is 7.35. The van der Waals surface area contributed by atoms with E-state index in [9.17, 15) is 4.39 Å². The molecule has 0 saturated heterocycles. The van der Waals surface area contributed by atoms with Gasteiger partial charge in [-0.1, -0.05) is 6.07 Å². The van der Waals surface area contributed by atoms with E-state index in [4.69, 9.17) is 10.5 Å². The number of halogens is 1. The summed E-state index contributed by atoms with van der Waals surface area (Å²) >= 11 is 0. The molecule has 1 aromatic carbocycles. The topological polar surface area (TPSA) is 93.6 Å². The number of nitrogens with zero attached hydrogens (tertiary/aromatic N) is 5. The predicted molar refractivity (Wildman–Crippen MR) is 98.6 cm³/mol. The molecule has 0 bridgehead atoms. The first kappa shape index (κ1) is 17.6. The van der Waals surface area contributed by atoms with E-state index in [1.54, 1.807) is 19.1 Å². The average molecular weight is 371 g/mol. The minimum atomic E-state index is -1.26. The molecule has 4 rings (SSSR count). The summed E-state index contributed by atoms with van der Waals surface area (Å²) in [5.41, 5.74) is 9.40. The summed E-state index contributed by atoms with van der Waals surface area (Å²) in [6, 6.07) is 4.79. The van der Waals surface area contributed by atoms with Crippen molar-refractivity contribution in [3.05, 3.63) is 53.0 Å². The quantitative estimate of drug-likeness (QED) is 0.819. The van der Waals surface area contributed by atoms with Gasteiger partial charge in [0, 0.05) is 37.3 Å². The van der Waals surface area contributed by atoms with Crippen molar-refractivity contribution < 1.29 is 9.13 Å². The molecule has 0 spiro atoms. The van der Waals surface area contributed by atoms with Crippen LogP contribution in [-0.2, 0) is 10.5 Å². The molecule has 2 aliphatic rings. The number of benzene rings is 1. The fraction of sp³-hybridized carbons (Fsp3) is 0.389. The zero-order valence-electron chi connectivity index (χ0n) is 15.5. The molecular weight excluding hydrogens is 349 g/mol. The van der Waals surface area contributed by atoms with E-state index < -0.39 is 11.6 Å². The van der Waals surface area contributed by atoms with E-state index in [1.165, 1.54) is 17.1 Å². The Balaban J connectivity index is 1.75. The lowest BCUT2D eigenvalue weighted by Gasteiger charge is -2.39. The zero-order chi connectivity index (χ0) is 19.2. The number of ether oxygens (including phenoxy) is 1. The second-order valence-electron chi connectivity index (χ2n) is 6.87. The van der Waals surface area contributed by atoms with E-state index in [1.807, 2.05) is 19.0 Å². The lowest BCUT2D eigenvalue weighted by molar-refractivity contribution is 0.141. The van der Waals surface area contributed by atoms with Crippen molar-refractivity contribution in [2.45, 2.75) is 19.1 Å². The molecule has 0 amide bonds. The molecule has 0 fully saturated rings. The molecule has 0 radical (unpaired) electrons. The Kier molecular flexibility index (Phi) is 4.20. The highest BCUT2D eigenvalue weighted by atomic mass is 19.1. The van der Waals surface area contributed by atoms with Crippen molar-refractivity contribution >= 4 is 5.84 Å². The normalized spacial score (nSPS) is 22.2. The predicted octanol–water partition coefficient (Wildman–Crippen LogP) is 1.02. The standard InChI is InChI=1S/C18H22FN7O/c1-11-21-10-22-26(11)16-5-4-12(8-14(16)19)18(20)23-15-6-7-27-9-13(15)17(24-18)25(2)3/h4-5,8,10,23H,6-7,9,20H2,1-3H3. The van der Waals surface area contributed by atoms with Crippen LogP contribution in [-0.4, -0.2) is 52.8 Å². The van der Waals surface area contributed by atoms with Gasteiger partial charge < -0.3 is 15.0 Å². The van der Waals surface area contributed by atoms with Crippen LogP contribution in [0.25, 0.3) is 5.69 Å². The minimum Gasteiger partial charge on any atom is -0.376 e. The maximum Gasteiger partial charge on any atom is 0.211 e. The van der Waals surface area contributed by atoms with Crippen LogP contribution in [0.15, 0.2) is 40.8 Å². The van der Waals surface area contributed by atoms with Gasteiger partial charge in [0.15, 0.2) is 0 Å². The fourth-order valence-electron chi connectivity index (χ4n) is 3.37. The summed E-state index contributed by atoms with van der Waals surface area (Å²) in [4.78, 5) is 10.6. The van der Waals surface area contributed by atoms with E-state index in [0.717, 1.165) is 17.1 Å². The molecule has 1 unspecified atom stereocenters. The molecule has 1 atom stereocenters. The Morgan fingerprint density at radius 3 is 2.85 bits per heavy atom. The largest absolute Gasteiger partial charge is 0.376 e. The van der Waals surface area contributed by atoms with Crippen molar-refractivity contribution in [1.82, 2.24) is 25.0 Å². The van der Waals surface area contributed by atoms with Crippen molar-refractivity contribution in [3.63, 3.8) is 0 Å². The number of amidine groups is 1. The van der Waals surface area contributed by atoms with Crippen LogP contribution in [0.2, 0.25) is 0 Å². The van der Waals surface area contributed by atoms with Crippen LogP contribution in [0.5, 0.6) is 0 Å². The molecule has 8 nitrogen and oxygen atoms in total. The monoisotopic (exact) mass is 371 g/mol. The Hall–Kier alpha value is -2.78. The van der Waals surface area contributed by atoms with Crippen LogP contribution < -0.4 is 11.1 Å². The maximum absolute atomic E-state index is 14.8. The molecule has 9 heteroatoms. The van der Waals surface area contributed by atoms with E-state index >= 15 is 0 Å². The number of rotatable bonds is 2. The number of aromatic nitrogens is 3. The highest BCUT2D eigenvalue weighted by Crippen LogP contribution is 2.30. The number of aliphatic imine (C=N–C) groups is 1. The van der Waals surface area contributed by atoms with Gasteiger partial charge in [-0.15, -0.1) is 0 Å². The molecule has 2 aromatic rings. The SMILES string of the molecule is Cc1ncnn1-c1ccc(C2(N)N=C(N(C)C)C3=C(CCOC3)N2)cc1F. The van der Waals surface area contributed by atoms with Crippen LogP contribution in [0.1, 0.15) is 17.8 Å². The van der Waals surface area contributed by atoms with Gasteiger partial charge in [-0.2, -0.15) is 5.10 Å². The Bertz CT molecular complexity index is 949. The van der Waals surface area contributed by atoms with Crippen molar-refractivity contribution in [2.24, 2.45) is 10.7 Å². The Morgan fingerprint density at radius 1 is 1.37 bits per heavy atom. The maximum atomic E-state index is 14.8. The lowest BCUT2D eigenvalue weighted by Crippen LogP contribution is -2.54. The Labute approximate surface area is 156 Å². The second-order valence-corrected chi connectivity index (χ2v) is 6.87. The van der Waals surface area contributed by atoms with Gasteiger partial charge in [-0.3, -0.25) is 5.73 Å². The van der Waals surface area contributed by atoms with Crippen LogP contribution >= 0.6 is 0 Å². The Morgan fingerprint density at radius 2 is 2.19 bits per heavy atom. The van der Waals surface area contributed by atoms with Crippen LogP contribution in [0.3, 0.4) is 0 Å². The first-order valence-electron chi connectivity index (χ1n) is 8.70. The summed E-state index contributed by atoms with van der Waals surface area (Å²) < 4.78 is 21.9. The molecule has 0 aliphatic carbocycles. The molecule has 3 heterocycles. The second kappa shape index (κ2) is 6.43. The number of hydrogen-bond donors (Lipinski definition) is 2.